The van der Waals surface area contributed by atoms with Crippen LogP contribution in [0.5, 0.6) is 0 Å². The molecule has 0 unspecified atom stereocenters. The molecule has 0 atom stereocenters. The Balaban J connectivity index is -0.000000117. The van der Waals surface area contributed by atoms with Gasteiger partial charge < -0.3 is 25.2 Å². The molecule has 0 radical (unpaired) electrons. The second kappa shape index (κ2) is 22.5. The van der Waals surface area contributed by atoms with Gasteiger partial charge in [0.1, 0.15) is 0 Å². The molecule has 0 spiro atoms. The number of esters is 1. The molecule has 0 aliphatic heterocycles. The van der Waals surface area contributed by atoms with Crippen molar-refractivity contribution in [3.8, 4) is 0 Å². The van der Waals surface area contributed by atoms with Crippen molar-refractivity contribution in [2.75, 3.05) is 33.5 Å². The molecule has 0 rings (SSSR count). The van der Waals surface area contributed by atoms with Crippen LogP contribution in [0, 0.1) is 0 Å². The van der Waals surface area contributed by atoms with E-state index in [0.717, 1.165) is 0 Å². The topological polar surface area (TPSA) is 107 Å². The summed E-state index contributed by atoms with van der Waals surface area (Å²) in [5, 5.41) is 30.5. The zero-order valence-corrected chi connectivity index (χ0v) is 7.93. The maximum Gasteiger partial charge on any atom is 0.302 e. The average molecular weight is 198 g/mol. The first-order chi connectivity index (χ1) is 6.10. The Morgan fingerprint density at radius 1 is 1.00 bits per heavy atom. The van der Waals surface area contributed by atoms with E-state index in [4.69, 9.17) is 20.4 Å². The molecule has 0 aromatic rings. The van der Waals surface area contributed by atoms with E-state index in [0.29, 0.717) is 0 Å². The molecule has 0 amide bonds. The lowest BCUT2D eigenvalue weighted by atomic mass is 10.8. The normalized spacial score (nSPS) is 7.23. The molecule has 82 valence electrons. The molecule has 6 heteroatoms. The molecule has 6 nitrogen and oxygen atoms in total. The minimum absolute atomic E-state index is 0.125. The van der Waals surface area contributed by atoms with Crippen LogP contribution in [0.4, 0.5) is 0 Å². The highest BCUT2D eigenvalue weighted by Gasteiger charge is 1.75. The van der Waals surface area contributed by atoms with E-state index in [1.807, 2.05) is 0 Å². The Hall–Kier alpha value is -0.690. The number of carbonyl (C=O) groups is 1. The Morgan fingerprint density at radius 2 is 1.15 bits per heavy atom. The van der Waals surface area contributed by atoms with Gasteiger partial charge in [-0.2, -0.15) is 0 Å². The predicted molar refractivity (Wildman–Crippen MR) is 46.0 cm³/mol. The van der Waals surface area contributed by atoms with Gasteiger partial charge in [0.05, 0.1) is 33.5 Å². The molecule has 0 aromatic carbocycles. The zero-order chi connectivity index (χ0) is 11.1. The summed E-state index contributed by atoms with van der Waals surface area (Å²) in [5.41, 5.74) is 0. The lowest BCUT2D eigenvalue weighted by Crippen LogP contribution is -1.88. The molecule has 0 fully saturated rings. The van der Waals surface area contributed by atoms with Crippen LogP contribution in [0.3, 0.4) is 0 Å². The first-order valence-corrected chi connectivity index (χ1v) is 3.58. The molecule has 0 heterocycles. The van der Waals surface area contributed by atoms with Gasteiger partial charge in [0.25, 0.3) is 0 Å². The summed E-state index contributed by atoms with van der Waals surface area (Å²) in [6, 6.07) is 0. The third kappa shape index (κ3) is 89.5. The first-order valence-electron chi connectivity index (χ1n) is 3.58. The van der Waals surface area contributed by atoms with Crippen molar-refractivity contribution in [2.24, 2.45) is 0 Å². The summed E-state index contributed by atoms with van der Waals surface area (Å²) >= 11 is 0. The fourth-order valence-electron chi connectivity index (χ4n) is 0. The van der Waals surface area contributed by atoms with Crippen LogP contribution in [0.2, 0.25) is 0 Å². The van der Waals surface area contributed by atoms with Gasteiger partial charge in [-0.15, -0.1) is 0 Å². The minimum Gasteiger partial charge on any atom is -0.469 e. The minimum atomic E-state index is -0.245. The van der Waals surface area contributed by atoms with E-state index in [1.54, 1.807) is 0 Å². The van der Waals surface area contributed by atoms with Crippen LogP contribution < -0.4 is 0 Å². The molecule has 0 saturated carbocycles. The largest absolute Gasteiger partial charge is 0.469 e. The van der Waals surface area contributed by atoms with E-state index in [1.165, 1.54) is 14.0 Å². The molecule has 0 saturated heterocycles. The van der Waals surface area contributed by atoms with Crippen LogP contribution in [0.1, 0.15) is 6.92 Å². The zero-order valence-electron chi connectivity index (χ0n) is 7.93. The summed E-state index contributed by atoms with van der Waals surface area (Å²) in [6.07, 6.45) is 0. The van der Waals surface area contributed by atoms with Crippen molar-refractivity contribution in [2.45, 2.75) is 6.92 Å². The number of carbonyl (C=O) groups excluding carboxylic acids is 1. The van der Waals surface area contributed by atoms with Crippen molar-refractivity contribution in [3.63, 3.8) is 0 Å². The van der Waals surface area contributed by atoms with Gasteiger partial charge in [0.2, 0.25) is 0 Å². The number of aliphatic hydroxyl groups is 4. The number of rotatable bonds is 2. The van der Waals surface area contributed by atoms with Crippen LogP contribution in [-0.2, 0) is 9.53 Å². The highest BCUT2D eigenvalue weighted by Crippen LogP contribution is 1.60. The average Bonchev–Trinajstić information content (AvgIpc) is 2.18. The van der Waals surface area contributed by atoms with Crippen molar-refractivity contribution in [1.29, 1.82) is 0 Å². The molecule has 0 bridgehead atoms. The lowest BCUT2D eigenvalue weighted by Gasteiger charge is -1.80. The maximum absolute atomic E-state index is 9.59. The van der Waals surface area contributed by atoms with Crippen molar-refractivity contribution < 1.29 is 30.0 Å². The van der Waals surface area contributed by atoms with E-state index in [9.17, 15) is 4.79 Å². The van der Waals surface area contributed by atoms with Gasteiger partial charge in [-0.25, -0.2) is 0 Å². The van der Waals surface area contributed by atoms with Crippen molar-refractivity contribution >= 4 is 5.97 Å². The summed E-state index contributed by atoms with van der Waals surface area (Å²) in [4.78, 5) is 9.59. The number of ether oxygens (including phenoxy) is 1. The molecule has 4 N–H and O–H groups in total. The van der Waals surface area contributed by atoms with E-state index in [2.05, 4.69) is 4.74 Å². The van der Waals surface area contributed by atoms with E-state index >= 15 is 0 Å². The molecule has 0 aliphatic carbocycles. The monoisotopic (exact) mass is 198 g/mol. The summed E-state index contributed by atoms with van der Waals surface area (Å²) < 4.78 is 4.11. The Kier molecular flexibility index (Phi) is 31.4. The highest BCUT2D eigenvalue weighted by atomic mass is 16.5. The molecule has 0 aromatic heterocycles. The third-order valence-corrected chi connectivity index (χ3v) is 0.487. The number of aliphatic hydroxyl groups excluding tert-OH is 4. The van der Waals surface area contributed by atoms with Gasteiger partial charge in [-0.3, -0.25) is 4.79 Å². The molecule has 13 heavy (non-hydrogen) atoms. The van der Waals surface area contributed by atoms with Gasteiger partial charge in [0.15, 0.2) is 0 Å². The highest BCUT2D eigenvalue weighted by molar-refractivity contribution is 5.65. The van der Waals surface area contributed by atoms with Crippen LogP contribution in [0.25, 0.3) is 0 Å². The van der Waals surface area contributed by atoms with E-state index in [-0.39, 0.29) is 32.4 Å². The fraction of sp³-hybridized carbons (Fsp3) is 0.857. The summed E-state index contributed by atoms with van der Waals surface area (Å²) in [7, 11) is 1.35. The van der Waals surface area contributed by atoms with Crippen LogP contribution in [-0.4, -0.2) is 59.9 Å². The molecular formula is C7H18O6. The Bertz CT molecular complexity index is 77.1. The summed E-state index contributed by atoms with van der Waals surface area (Å²) in [6.45, 7) is 0.861. The lowest BCUT2D eigenvalue weighted by molar-refractivity contribution is -0.137. The summed E-state index contributed by atoms with van der Waals surface area (Å²) in [5.74, 6) is -0.245. The number of hydrogen-bond donors (Lipinski definition) is 4. The maximum atomic E-state index is 9.59. The fourth-order valence-corrected chi connectivity index (χ4v) is 0. The van der Waals surface area contributed by atoms with Crippen molar-refractivity contribution in [1.82, 2.24) is 0 Å². The van der Waals surface area contributed by atoms with Gasteiger partial charge >= 0.3 is 5.97 Å². The Labute approximate surface area is 77.4 Å². The SMILES string of the molecule is COC(C)=O.OCCO.OCCO. The first kappa shape index (κ1) is 18.2. The Morgan fingerprint density at radius 3 is 1.15 bits per heavy atom. The third-order valence-electron chi connectivity index (χ3n) is 0.487. The van der Waals surface area contributed by atoms with Crippen LogP contribution in [0.15, 0.2) is 0 Å². The quantitative estimate of drug-likeness (QED) is 0.387. The second-order valence-electron chi connectivity index (χ2n) is 1.59. The molecule has 0 aliphatic rings. The van der Waals surface area contributed by atoms with Gasteiger partial charge in [-0.1, -0.05) is 0 Å². The van der Waals surface area contributed by atoms with Crippen molar-refractivity contribution in [3.05, 3.63) is 0 Å². The van der Waals surface area contributed by atoms with E-state index < -0.39 is 0 Å². The molecular weight excluding hydrogens is 180 g/mol. The van der Waals surface area contributed by atoms with Crippen LogP contribution >= 0.6 is 0 Å². The standard InChI is InChI=1S/C3H6O2.2C2H6O2/c1-3(4)5-2;2*3-1-2-4/h1-2H3;2*3-4H,1-2H2. The predicted octanol–water partition coefficient (Wildman–Crippen LogP) is -1.88. The number of hydrogen-bond acceptors (Lipinski definition) is 6. The van der Waals surface area contributed by atoms with Gasteiger partial charge in [-0.05, 0) is 0 Å². The second-order valence-corrected chi connectivity index (χ2v) is 1.59. The van der Waals surface area contributed by atoms with Gasteiger partial charge in [0, 0.05) is 6.92 Å². The number of methoxy groups -OCH3 is 1. The smallest absolute Gasteiger partial charge is 0.302 e.